The molecular formula is C37H25Cl4N13O7S5. The van der Waals surface area contributed by atoms with Crippen LogP contribution in [0.2, 0.25) is 0 Å². The molecule has 0 saturated heterocycles. The summed E-state index contributed by atoms with van der Waals surface area (Å²) in [6, 6.07) is 16.6. The fourth-order valence-electron chi connectivity index (χ4n) is 5.46. The molecule has 0 aliphatic carbocycles. The maximum absolute atomic E-state index is 12.8. The molecule has 2 aliphatic rings. The van der Waals surface area contributed by atoms with Gasteiger partial charge in [0.15, 0.2) is 26.9 Å². The standard InChI is InChI=1S/C32H21Cl4N9O7S4.C5H4N4S/c33-27(34)29(46)39-22-3-1-2-21-25(22)23(42-40-17-4-8-19(9-5-17)55(48,49)44-31-37-12-14-53-31)16-24(26(21)52-30(47)28(35)36)43-41-18-6-10-20(11-7-18)56(50,51)45-32-38-13-15-54-32;10-5-3-4(7-1-6-3)8-2-9-5/h1-16,27-28H,(H,37,44)(H,38,45)(H,39,46);1-3H,(H,6,7,8,9,10). The van der Waals surface area contributed by atoms with Crippen LogP contribution < -0.4 is 24.8 Å². The Morgan fingerprint density at radius 1 is 0.773 bits per heavy atom. The van der Waals surface area contributed by atoms with Crippen LogP contribution >= 0.6 is 81.3 Å². The predicted molar refractivity (Wildman–Crippen MR) is 260 cm³/mol. The molecule has 8 rings (SSSR count). The van der Waals surface area contributed by atoms with Crippen LogP contribution in [0.25, 0.3) is 10.8 Å². The SMILES string of the molecule is O=C(Nc1cccc2c(OC(=O)C(Cl)Cl)c(N=Nc3ccc(S(=O)(=O)Nc4nccs4)cc3)cc(N=Nc3ccc(S(=O)(=O)Nc4nccs4)cc3)c12)C(Cl)Cl.S=C1N=CNC2=NC=NC12. The van der Waals surface area contributed by atoms with E-state index in [0.29, 0.717) is 4.99 Å². The van der Waals surface area contributed by atoms with Gasteiger partial charge in [0.1, 0.15) is 22.9 Å². The number of hydrogen-bond acceptors (Lipinski definition) is 19. The number of amides is 1. The average Bonchev–Trinajstić information content (AvgIpc) is 4.11. The lowest BCUT2D eigenvalue weighted by molar-refractivity contribution is -0.132. The van der Waals surface area contributed by atoms with E-state index in [4.69, 9.17) is 63.4 Å². The van der Waals surface area contributed by atoms with E-state index in [1.54, 1.807) is 10.8 Å². The molecule has 29 heteroatoms. The Hall–Kier alpha value is -5.90. The predicted octanol–water partition coefficient (Wildman–Crippen LogP) is 9.39. The summed E-state index contributed by atoms with van der Waals surface area (Å²) in [5, 5.41) is 26.5. The number of nitrogens with one attached hydrogen (secondary N) is 4. The van der Waals surface area contributed by atoms with Crippen molar-refractivity contribution < 1.29 is 31.2 Å². The van der Waals surface area contributed by atoms with Crippen molar-refractivity contribution in [1.82, 2.24) is 15.3 Å². The first-order valence-electron chi connectivity index (χ1n) is 18.1. The number of aromatic nitrogens is 2. The van der Waals surface area contributed by atoms with Crippen LogP contribution in [0.5, 0.6) is 5.75 Å². The number of carbonyl (C=O) groups excluding carboxylic acids is 2. The molecule has 0 spiro atoms. The molecule has 1 atom stereocenters. The highest BCUT2D eigenvalue weighted by atomic mass is 35.5. The molecular weight excluding hydrogens is 1040 g/mol. The third-order valence-electron chi connectivity index (χ3n) is 8.37. The smallest absolute Gasteiger partial charge is 0.344 e. The maximum Gasteiger partial charge on any atom is 0.344 e. The highest BCUT2D eigenvalue weighted by Crippen LogP contribution is 2.46. The van der Waals surface area contributed by atoms with Crippen molar-refractivity contribution in [2.75, 3.05) is 14.8 Å². The Morgan fingerprint density at radius 3 is 1.86 bits per heavy atom. The number of carbonyl (C=O) groups is 2. The zero-order valence-electron chi connectivity index (χ0n) is 32.6. The van der Waals surface area contributed by atoms with Gasteiger partial charge < -0.3 is 15.4 Å². The summed E-state index contributed by atoms with van der Waals surface area (Å²) in [5.41, 5.74) is 0.499. The number of fused-ring (bicyclic) bond motifs is 2. The van der Waals surface area contributed by atoms with E-state index in [9.17, 15) is 26.4 Å². The van der Waals surface area contributed by atoms with E-state index >= 15 is 0 Å². The topological polar surface area (TPSA) is 272 Å². The number of amidine groups is 1. The van der Waals surface area contributed by atoms with Crippen molar-refractivity contribution in [3.8, 4) is 5.75 Å². The Labute approximate surface area is 407 Å². The number of rotatable bonds is 14. The summed E-state index contributed by atoms with van der Waals surface area (Å²) in [6.07, 6.45) is 5.95. The summed E-state index contributed by atoms with van der Waals surface area (Å²) in [6.45, 7) is 0. The normalized spacial score (nSPS) is 14.5. The molecule has 0 saturated carbocycles. The van der Waals surface area contributed by atoms with Crippen molar-refractivity contribution >= 4 is 186 Å². The molecule has 0 radical (unpaired) electrons. The second-order valence-corrected chi connectivity index (χ2v) is 20.4. The van der Waals surface area contributed by atoms with E-state index < -0.39 is 41.6 Å². The molecule has 0 bridgehead atoms. The van der Waals surface area contributed by atoms with E-state index in [-0.39, 0.29) is 71.1 Å². The van der Waals surface area contributed by atoms with E-state index in [1.165, 1.54) is 97.9 Å². The van der Waals surface area contributed by atoms with Crippen LogP contribution in [0.15, 0.2) is 141 Å². The highest BCUT2D eigenvalue weighted by molar-refractivity contribution is 7.93. The van der Waals surface area contributed by atoms with Gasteiger partial charge in [0.2, 0.25) is 4.84 Å². The number of azo groups is 2. The minimum Gasteiger partial charge on any atom is -0.421 e. The van der Waals surface area contributed by atoms with E-state index in [2.05, 4.69) is 65.5 Å². The van der Waals surface area contributed by atoms with Crippen molar-refractivity contribution in [1.29, 1.82) is 0 Å². The van der Waals surface area contributed by atoms with Crippen molar-refractivity contribution in [2.45, 2.75) is 25.5 Å². The summed E-state index contributed by atoms with van der Waals surface area (Å²) in [7, 11) is -7.91. The molecule has 2 aromatic heterocycles. The molecule has 20 nitrogen and oxygen atoms in total. The second-order valence-electron chi connectivity index (χ2n) is 12.7. The molecule has 4 heterocycles. The number of ether oxygens (including phenoxy) is 1. The zero-order valence-corrected chi connectivity index (χ0v) is 39.7. The Bertz CT molecular complexity index is 3170. The molecule has 66 heavy (non-hydrogen) atoms. The molecule has 4 N–H and O–H groups in total. The summed E-state index contributed by atoms with van der Waals surface area (Å²) in [4.78, 5) is 42.4. The first-order valence-corrected chi connectivity index (χ1v) is 24.9. The maximum atomic E-state index is 12.8. The molecule has 0 fully saturated rings. The first kappa shape index (κ1) is 48.0. The van der Waals surface area contributed by atoms with Gasteiger partial charge in [-0.05, 0) is 60.7 Å². The van der Waals surface area contributed by atoms with Crippen LogP contribution in [0.1, 0.15) is 0 Å². The van der Waals surface area contributed by atoms with Crippen LogP contribution in [-0.4, -0.2) is 77.9 Å². The fraction of sp³-hybridized carbons (Fsp3) is 0.0811. The molecule has 338 valence electrons. The number of anilines is 3. The van der Waals surface area contributed by atoms with Crippen molar-refractivity contribution in [3.05, 3.63) is 96.0 Å². The number of halogens is 4. The van der Waals surface area contributed by atoms with Gasteiger partial charge in [-0.15, -0.1) is 32.9 Å². The van der Waals surface area contributed by atoms with Gasteiger partial charge in [-0.1, -0.05) is 70.8 Å². The highest BCUT2D eigenvalue weighted by Gasteiger charge is 2.26. The second kappa shape index (κ2) is 21.2. The molecule has 1 amide bonds. The van der Waals surface area contributed by atoms with Gasteiger partial charge >= 0.3 is 5.97 Å². The van der Waals surface area contributed by atoms with Crippen molar-refractivity contribution in [2.24, 2.45) is 35.4 Å². The van der Waals surface area contributed by atoms with Crippen LogP contribution in [-0.2, 0) is 29.6 Å². The summed E-state index contributed by atoms with van der Waals surface area (Å²) < 4.78 is 61.6. The van der Waals surface area contributed by atoms with Gasteiger partial charge in [0, 0.05) is 33.9 Å². The lowest BCUT2D eigenvalue weighted by atomic mass is 10.0. The number of sulfonamides is 2. The minimum atomic E-state index is -3.95. The monoisotopic (exact) mass is 1060 g/mol. The fourth-order valence-corrected chi connectivity index (χ4v) is 9.46. The van der Waals surface area contributed by atoms with E-state index in [0.717, 1.165) is 28.5 Å². The number of esters is 1. The Balaban J connectivity index is 0.000000567. The Morgan fingerprint density at radius 2 is 1.35 bits per heavy atom. The number of thiocarbonyl (C=S) groups is 1. The number of thiazole rings is 2. The minimum absolute atomic E-state index is 0.0514. The number of hydrogen-bond donors (Lipinski definition) is 4. The van der Waals surface area contributed by atoms with Crippen molar-refractivity contribution in [3.63, 3.8) is 0 Å². The number of benzene rings is 4. The van der Waals surface area contributed by atoms with Gasteiger partial charge in [-0.2, -0.15) is 10.2 Å². The van der Waals surface area contributed by atoms with Gasteiger partial charge in [-0.3, -0.25) is 19.2 Å². The number of alkyl halides is 4. The third kappa shape index (κ3) is 11.9. The van der Waals surface area contributed by atoms with Gasteiger partial charge in [0.05, 0.1) is 38.9 Å². The first-order chi connectivity index (χ1) is 31.6. The third-order valence-corrected chi connectivity index (χ3v) is 13.8. The quantitative estimate of drug-likeness (QED) is 0.0262. The largest absolute Gasteiger partial charge is 0.421 e. The lowest BCUT2D eigenvalue weighted by Gasteiger charge is -2.16. The van der Waals surface area contributed by atoms with Crippen LogP contribution in [0, 0.1) is 0 Å². The number of aliphatic imine (C=N–C) groups is 3. The molecule has 2 aliphatic heterocycles. The van der Waals surface area contributed by atoms with E-state index in [1.807, 2.05) is 0 Å². The van der Waals surface area contributed by atoms with Gasteiger partial charge in [0.25, 0.3) is 26.0 Å². The zero-order chi connectivity index (χ0) is 47.0. The average molecular weight is 1070 g/mol. The molecule has 1 unspecified atom stereocenters. The van der Waals surface area contributed by atoms with Crippen LogP contribution in [0.4, 0.5) is 38.7 Å². The summed E-state index contributed by atoms with van der Waals surface area (Å²) in [5.74, 6) is -1.28. The number of nitrogens with zero attached hydrogens (tertiary/aromatic N) is 9. The molecule has 6 aromatic rings. The Kier molecular flexibility index (Phi) is 15.4. The van der Waals surface area contributed by atoms with Gasteiger partial charge in [-0.25, -0.2) is 41.6 Å². The lowest BCUT2D eigenvalue weighted by Crippen LogP contribution is -2.39. The summed E-state index contributed by atoms with van der Waals surface area (Å²) >= 11 is 30.4. The molecule has 4 aromatic carbocycles. The van der Waals surface area contributed by atoms with Crippen LogP contribution in [0.3, 0.4) is 0 Å².